The van der Waals surface area contributed by atoms with Crippen molar-refractivity contribution in [2.45, 2.75) is 24.8 Å². The Bertz CT molecular complexity index is 1300. The zero-order chi connectivity index (χ0) is 23.1. The molecule has 0 spiro atoms. The molecule has 2 atom stereocenters. The third-order valence-electron chi connectivity index (χ3n) is 6.18. The van der Waals surface area contributed by atoms with Crippen LogP contribution in [0.2, 0.25) is 5.02 Å². The molecular formula is C25H20ClN3O4. The second-order valence-corrected chi connectivity index (χ2v) is 8.66. The van der Waals surface area contributed by atoms with Gasteiger partial charge < -0.3 is 15.7 Å². The summed E-state index contributed by atoms with van der Waals surface area (Å²) in [4.78, 5) is 24.3. The van der Waals surface area contributed by atoms with Gasteiger partial charge >= 0.3 is 5.69 Å². The van der Waals surface area contributed by atoms with E-state index in [0.29, 0.717) is 29.0 Å². The number of allylic oxidation sites excluding steroid dienone is 1. The number of rotatable bonds is 3. The number of nitro groups is 1. The molecule has 0 amide bonds. The molecule has 0 saturated heterocycles. The number of phenolic OH excluding ortho intramolecular Hbond substituents is 1. The van der Waals surface area contributed by atoms with Crippen LogP contribution in [0, 0.1) is 10.1 Å². The number of aromatic hydroxyl groups is 1. The number of fused-ring (bicyclic) bond motifs is 1. The summed E-state index contributed by atoms with van der Waals surface area (Å²) in [5, 5.41) is 28.8. The van der Waals surface area contributed by atoms with E-state index in [1.54, 1.807) is 6.07 Å². The predicted molar refractivity (Wildman–Crippen MR) is 127 cm³/mol. The highest BCUT2D eigenvalue weighted by Crippen LogP contribution is 2.45. The first kappa shape index (κ1) is 21.0. The number of halogens is 1. The highest BCUT2D eigenvalue weighted by molar-refractivity contribution is 6.30. The molecule has 7 nitrogen and oxygen atoms in total. The summed E-state index contributed by atoms with van der Waals surface area (Å²) in [6, 6.07) is 18.7. The van der Waals surface area contributed by atoms with Crippen molar-refractivity contribution >= 4 is 34.4 Å². The summed E-state index contributed by atoms with van der Waals surface area (Å²) >= 11 is 6.04. The van der Waals surface area contributed by atoms with Crippen LogP contribution in [0.5, 0.6) is 5.75 Å². The van der Waals surface area contributed by atoms with Gasteiger partial charge in [-0.3, -0.25) is 14.9 Å². The Hall–Kier alpha value is -3.84. The average molecular weight is 462 g/mol. The molecule has 1 aliphatic heterocycles. The number of carbonyl (C=O) groups is 1. The maximum absolute atomic E-state index is 13.5. The lowest BCUT2D eigenvalue weighted by Gasteiger charge is -2.30. The molecule has 33 heavy (non-hydrogen) atoms. The molecule has 0 aromatic heterocycles. The van der Waals surface area contributed by atoms with Crippen LogP contribution in [0.3, 0.4) is 0 Å². The van der Waals surface area contributed by atoms with Crippen LogP contribution in [-0.2, 0) is 4.79 Å². The van der Waals surface area contributed by atoms with Gasteiger partial charge in [0.1, 0.15) is 0 Å². The van der Waals surface area contributed by atoms with Gasteiger partial charge in [0.2, 0.25) is 0 Å². The number of nitro benzene ring substituents is 1. The van der Waals surface area contributed by atoms with Crippen molar-refractivity contribution in [3.8, 4) is 5.75 Å². The fourth-order valence-corrected chi connectivity index (χ4v) is 4.71. The Morgan fingerprint density at radius 1 is 0.970 bits per heavy atom. The number of ketones is 1. The third-order valence-corrected chi connectivity index (χ3v) is 6.43. The summed E-state index contributed by atoms with van der Waals surface area (Å²) < 4.78 is 0. The maximum atomic E-state index is 13.5. The lowest BCUT2D eigenvalue weighted by Crippen LogP contribution is -2.26. The van der Waals surface area contributed by atoms with Gasteiger partial charge in [0.05, 0.1) is 22.3 Å². The SMILES string of the molecule is O=C1CC(c2ccc(Cl)cc2)CC2=C1C(c1ccc(O)c([N+](=O)[O-])c1)Nc1ccccc1N2. The van der Waals surface area contributed by atoms with Crippen molar-refractivity contribution in [1.82, 2.24) is 0 Å². The molecule has 0 saturated carbocycles. The van der Waals surface area contributed by atoms with E-state index in [0.717, 1.165) is 22.6 Å². The Kier molecular flexibility index (Phi) is 5.26. The molecule has 3 N–H and O–H groups in total. The summed E-state index contributed by atoms with van der Waals surface area (Å²) in [6.07, 6.45) is 0.923. The lowest BCUT2D eigenvalue weighted by molar-refractivity contribution is -0.385. The number of carbonyl (C=O) groups excluding carboxylic acids is 1. The van der Waals surface area contributed by atoms with Gasteiger partial charge in [-0.2, -0.15) is 0 Å². The molecule has 0 radical (unpaired) electrons. The van der Waals surface area contributed by atoms with E-state index in [4.69, 9.17) is 11.6 Å². The fourth-order valence-electron chi connectivity index (χ4n) is 4.58. The van der Waals surface area contributed by atoms with Gasteiger partial charge in [0.25, 0.3) is 0 Å². The molecule has 5 rings (SSSR count). The highest BCUT2D eigenvalue weighted by atomic mass is 35.5. The van der Waals surface area contributed by atoms with Crippen LogP contribution >= 0.6 is 11.6 Å². The standard InChI is InChI=1S/C25H20ClN3O4/c26-17-8-5-14(6-9-17)16-11-20-24(23(31)13-16)25(28-19-4-2-1-3-18(19)27-20)15-7-10-22(30)21(12-15)29(32)33/h1-10,12,16,25,27-28,30H,11,13H2. The molecule has 3 aromatic carbocycles. The monoisotopic (exact) mass is 461 g/mol. The van der Waals surface area contributed by atoms with Crippen molar-refractivity contribution in [3.63, 3.8) is 0 Å². The number of anilines is 2. The fraction of sp³-hybridized carbons (Fsp3) is 0.160. The van der Waals surface area contributed by atoms with Crippen molar-refractivity contribution in [2.24, 2.45) is 0 Å². The number of Topliss-reactive ketones (excluding diaryl/α,β-unsaturated/α-hetero) is 1. The molecule has 1 heterocycles. The van der Waals surface area contributed by atoms with Gasteiger partial charge in [0.15, 0.2) is 11.5 Å². The Morgan fingerprint density at radius 3 is 2.39 bits per heavy atom. The maximum Gasteiger partial charge on any atom is 0.311 e. The van der Waals surface area contributed by atoms with E-state index >= 15 is 0 Å². The Labute approximate surface area is 194 Å². The van der Waals surface area contributed by atoms with Gasteiger partial charge in [-0.25, -0.2) is 0 Å². The molecule has 2 unspecified atom stereocenters. The van der Waals surface area contributed by atoms with E-state index in [9.17, 15) is 20.0 Å². The Morgan fingerprint density at radius 2 is 1.67 bits per heavy atom. The van der Waals surface area contributed by atoms with Crippen LogP contribution in [0.4, 0.5) is 17.1 Å². The second kappa shape index (κ2) is 8.26. The van der Waals surface area contributed by atoms with Crippen molar-refractivity contribution < 1.29 is 14.8 Å². The van der Waals surface area contributed by atoms with Gasteiger partial charge in [-0.05, 0) is 53.8 Å². The van der Waals surface area contributed by atoms with Crippen molar-refractivity contribution in [1.29, 1.82) is 0 Å². The summed E-state index contributed by atoms with van der Waals surface area (Å²) in [5.41, 5.74) is 4.10. The van der Waals surface area contributed by atoms with Crippen LogP contribution in [0.25, 0.3) is 0 Å². The largest absolute Gasteiger partial charge is 0.502 e. The number of nitrogens with zero attached hydrogens (tertiary/aromatic N) is 1. The zero-order valence-corrected chi connectivity index (χ0v) is 18.2. The topological polar surface area (TPSA) is 104 Å². The van der Waals surface area contributed by atoms with Crippen molar-refractivity contribution in [2.75, 3.05) is 10.6 Å². The van der Waals surface area contributed by atoms with E-state index in [1.807, 2.05) is 48.5 Å². The van der Waals surface area contributed by atoms with Gasteiger partial charge in [-0.15, -0.1) is 0 Å². The van der Waals surface area contributed by atoms with E-state index in [2.05, 4.69) is 10.6 Å². The number of hydrogen-bond donors (Lipinski definition) is 3. The van der Waals surface area contributed by atoms with Crippen LogP contribution in [0.1, 0.15) is 35.9 Å². The minimum absolute atomic E-state index is 0.0129. The minimum Gasteiger partial charge on any atom is -0.502 e. The molecule has 3 aromatic rings. The first-order valence-corrected chi connectivity index (χ1v) is 10.9. The molecular weight excluding hydrogens is 442 g/mol. The number of nitrogens with one attached hydrogen (secondary N) is 2. The van der Waals surface area contributed by atoms with Gasteiger partial charge in [0, 0.05) is 28.8 Å². The average Bonchev–Trinajstić information content (AvgIpc) is 2.96. The number of phenols is 1. The highest BCUT2D eigenvalue weighted by Gasteiger charge is 2.36. The summed E-state index contributed by atoms with van der Waals surface area (Å²) in [7, 11) is 0. The normalized spacial score (nSPS) is 19.6. The molecule has 1 aliphatic carbocycles. The van der Waals surface area contributed by atoms with E-state index in [-0.39, 0.29) is 11.7 Å². The first-order chi connectivity index (χ1) is 15.9. The van der Waals surface area contributed by atoms with Crippen LogP contribution in [-0.4, -0.2) is 15.8 Å². The minimum atomic E-state index is -0.629. The number of para-hydroxylation sites is 2. The number of hydrogen-bond acceptors (Lipinski definition) is 6. The molecule has 2 aliphatic rings. The molecule has 8 heteroatoms. The Balaban J connectivity index is 1.62. The smallest absolute Gasteiger partial charge is 0.311 e. The molecule has 166 valence electrons. The molecule has 0 fully saturated rings. The third kappa shape index (κ3) is 3.91. The second-order valence-electron chi connectivity index (χ2n) is 8.23. The van der Waals surface area contributed by atoms with Crippen molar-refractivity contribution in [3.05, 3.63) is 104 Å². The van der Waals surface area contributed by atoms with E-state index < -0.39 is 22.4 Å². The van der Waals surface area contributed by atoms with Gasteiger partial charge in [-0.1, -0.05) is 41.9 Å². The quantitative estimate of drug-likeness (QED) is 0.329. The number of benzene rings is 3. The first-order valence-electron chi connectivity index (χ1n) is 10.5. The zero-order valence-electron chi connectivity index (χ0n) is 17.4. The van der Waals surface area contributed by atoms with Crippen LogP contribution < -0.4 is 10.6 Å². The summed E-state index contributed by atoms with van der Waals surface area (Å²) in [6.45, 7) is 0. The van der Waals surface area contributed by atoms with Crippen LogP contribution in [0.15, 0.2) is 78.0 Å². The lowest BCUT2D eigenvalue weighted by atomic mass is 9.78. The molecule has 0 bridgehead atoms. The predicted octanol–water partition coefficient (Wildman–Crippen LogP) is 5.93. The van der Waals surface area contributed by atoms with E-state index in [1.165, 1.54) is 12.1 Å². The summed E-state index contributed by atoms with van der Waals surface area (Å²) in [5.74, 6) is -0.464.